The standard InChI is InChI=1S/C19H19F2NO4/c1-26-17-8-4-13(10-16(17)21)5-9-18(23)22(12-19(24)25)11-14-2-6-15(20)7-3-14/h2-4,6-8,10H,5,9,11-12H2,1H3,(H,24,25). The number of aryl methyl sites for hydroxylation is 1. The number of nitrogens with zero attached hydrogens (tertiary/aromatic N) is 1. The van der Waals surface area contributed by atoms with Gasteiger partial charge in [-0.2, -0.15) is 0 Å². The third-order valence-electron chi connectivity index (χ3n) is 3.81. The van der Waals surface area contributed by atoms with E-state index in [0.29, 0.717) is 11.1 Å². The summed E-state index contributed by atoms with van der Waals surface area (Å²) in [7, 11) is 1.36. The number of carboxylic acid groups (broad SMARTS) is 1. The van der Waals surface area contributed by atoms with Gasteiger partial charge in [0.2, 0.25) is 5.91 Å². The minimum atomic E-state index is -1.14. The van der Waals surface area contributed by atoms with Gasteiger partial charge in [-0.3, -0.25) is 9.59 Å². The number of benzene rings is 2. The smallest absolute Gasteiger partial charge is 0.323 e. The Morgan fingerprint density at radius 3 is 2.31 bits per heavy atom. The molecule has 1 N–H and O–H groups in total. The summed E-state index contributed by atoms with van der Waals surface area (Å²) in [5, 5.41) is 9.02. The van der Waals surface area contributed by atoms with E-state index >= 15 is 0 Å². The number of rotatable bonds is 8. The van der Waals surface area contributed by atoms with Gasteiger partial charge in [0.1, 0.15) is 12.4 Å². The van der Waals surface area contributed by atoms with Crippen LogP contribution in [0.5, 0.6) is 5.75 Å². The second-order valence-corrected chi connectivity index (χ2v) is 5.74. The molecule has 0 aliphatic heterocycles. The summed E-state index contributed by atoms with van der Waals surface area (Å²) in [6, 6.07) is 9.90. The van der Waals surface area contributed by atoms with E-state index in [2.05, 4.69) is 0 Å². The summed E-state index contributed by atoms with van der Waals surface area (Å²) in [4.78, 5) is 24.6. The summed E-state index contributed by atoms with van der Waals surface area (Å²) in [5.74, 6) is -2.34. The molecule has 0 saturated heterocycles. The van der Waals surface area contributed by atoms with Crippen molar-refractivity contribution in [2.24, 2.45) is 0 Å². The van der Waals surface area contributed by atoms with Gasteiger partial charge < -0.3 is 14.7 Å². The predicted octanol–water partition coefficient (Wildman–Crippen LogP) is 3.02. The van der Waals surface area contributed by atoms with E-state index < -0.39 is 24.1 Å². The number of hydrogen-bond acceptors (Lipinski definition) is 3. The van der Waals surface area contributed by atoms with E-state index in [0.717, 1.165) is 0 Å². The summed E-state index contributed by atoms with van der Waals surface area (Å²) < 4.78 is 31.5. The summed E-state index contributed by atoms with van der Waals surface area (Å²) >= 11 is 0. The Hall–Kier alpha value is -2.96. The van der Waals surface area contributed by atoms with Crippen LogP contribution in [0, 0.1) is 11.6 Å². The van der Waals surface area contributed by atoms with E-state index in [-0.39, 0.29) is 31.0 Å². The maximum absolute atomic E-state index is 13.7. The molecule has 1 amide bonds. The van der Waals surface area contributed by atoms with Crippen LogP contribution in [0.3, 0.4) is 0 Å². The lowest BCUT2D eigenvalue weighted by Gasteiger charge is -2.21. The third-order valence-corrected chi connectivity index (χ3v) is 3.81. The van der Waals surface area contributed by atoms with Crippen molar-refractivity contribution >= 4 is 11.9 Å². The Kier molecular flexibility index (Phi) is 6.66. The van der Waals surface area contributed by atoms with Crippen molar-refractivity contribution in [1.29, 1.82) is 0 Å². The molecule has 5 nitrogen and oxygen atoms in total. The zero-order valence-electron chi connectivity index (χ0n) is 14.2. The number of amides is 1. The van der Waals surface area contributed by atoms with Crippen molar-refractivity contribution in [3.05, 3.63) is 65.2 Å². The molecule has 0 fully saturated rings. The average Bonchev–Trinajstić information content (AvgIpc) is 2.60. The first-order valence-electron chi connectivity index (χ1n) is 7.95. The lowest BCUT2D eigenvalue weighted by atomic mass is 10.1. The minimum absolute atomic E-state index is 0.0280. The first-order valence-corrected chi connectivity index (χ1v) is 7.95. The van der Waals surface area contributed by atoms with Gasteiger partial charge >= 0.3 is 5.97 Å². The number of carbonyl (C=O) groups is 2. The summed E-state index contributed by atoms with van der Waals surface area (Å²) in [5.41, 5.74) is 1.23. The fraction of sp³-hybridized carbons (Fsp3) is 0.263. The van der Waals surface area contributed by atoms with Crippen LogP contribution in [0.25, 0.3) is 0 Å². The van der Waals surface area contributed by atoms with Crippen LogP contribution in [0.4, 0.5) is 8.78 Å². The van der Waals surface area contributed by atoms with E-state index in [4.69, 9.17) is 9.84 Å². The molecular weight excluding hydrogens is 344 g/mol. The monoisotopic (exact) mass is 363 g/mol. The molecule has 0 saturated carbocycles. The molecule has 7 heteroatoms. The third kappa shape index (κ3) is 5.54. The number of carbonyl (C=O) groups excluding carboxylic acids is 1. The Balaban J connectivity index is 2.02. The molecule has 0 radical (unpaired) electrons. The maximum Gasteiger partial charge on any atom is 0.323 e. The van der Waals surface area contributed by atoms with Gasteiger partial charge in [0.25, 0.3) is 0 Å². The van der Waals surface area contributed by atoms with Crippen molar-refractivity contribution < 1.29 is 28.2 Å². The van der Waals surface area contributed by atoms with Crippen molar-refractivity contribution in [2.75, 3.05) is 13.7 Å². The Labute approximate surface area is 149 Å². The number of methoxy groups -OCH3 is 1. The van der Waals surface area contributed by atoms with Gasteiger partial charge in [0.05, 0.1) is 7.11 Å². The Morgan fingerprint density at radius 2 is 1.73 bits per heavy atom. The van der Waals surface area contributed by atoms with Crippen LogP contribution in [0.1, 0.15) is 17.5 Å². The zero-order chi connectivity index (χ0) is 19.1. The highest BCUT2D eigenvalue weighted by atomic mass is 19.1. The second-order valence-electron chi connectivity index (χ2n) is 5.74. The van der Waals surface area contributed by atoms with Gasteiger partial charge in [-0.1, -0.05) is 18.2 Å². The quantitative estimate of drug-likeness (QED) is 0.783. The SMILES string of the molecule is COc1ccc(CCC(=O)N(CC(=O)O)Cc2ccc(F)cc2)cc1F. The van der Waals surface area contributed by atoms with Crippen molar-refractivity contribution in [3.63, 3.8) is 0 Å². The molecule has 2 rings (SSSR count). The summed E-state index contributed by atoms with van der Waals surface area (Å²) in [6.45, 7) is -0.407. The molecule has 0 spiro atoms. The molecule has 0 bridgehead atoms. The number of halogens is 2. The van der Waals surface area contributed by atoms with E-state index in [9.17, 15) is 18.4 Å². The molecule has 0 aromatic heterocycles. The lowest BCUT2D eigenvalue weighted by molar-refractivity contribution is -0.144. The Morgan fingerprint density at radius 1 is 1.08 bits per heavy atom. The first-order chi connectivity index (χ1) is 12.4. The second kappa shape index (κ2) is 8.94. The zero-order valence-corrected chi connectivity index (χ0v) is 14.2. The normalized spacial score (nSPS) is 10.4. The van der Waals surface area contributed by atoms with Gasteiger partial charge in [-0.15, -0.1) is 0 Å². The molecule has 138 valence electrons. The number of aliphatic carboxylic acids is 1. The number of hydrogen-bond donors (Lipinski definition) is 1. The van der Waals surface area contributed by atoms with E-state index in [1.165, 1.54) is 48.4 Å². The Bertz CT molecular complexity index is 778. The van der Waals surface area contributed by atoms with Crippen LogP contribution in [-0.4, -0.2) is 35.5 Å². The minimum Gasteiger partial charge on any atom is -0.494 e. The fourth-order valence-corrected chi connectivity index (χ4v) is 2.48. The van der Waals surface area contributed by atoms with E-state index in [1.807, 2.05) is 0 Å². The van der Waals surface area contributed by atoms with Crippen molar-refractivity contribution in [1.82, 2.24) is 4.90 Å². The molecule has 0 aliphatic carbocycles. The maximum atomic E-state index is 13.7. The first kappa shape index (κ1) is 19.4. The van der Waals surface area contributed by atoms with Gasteiger partial charge in [-0.25, -0.2) is 8.78 Å². The van der Waals surface area contributed by atoms with Crippen LogP contribution in [0.15, 0.2) is 42.5 Å². The lowest BCUT2D eigenvalue weighted by Crippen LogP contribution is -2.35. The van der Waals surface area contributed by atoms with Crippen LogP contribution >= 0.6 is 0 Å². The molecule has 0 unspecified atom stereocenters. The number of ether oxygens (including phenoxy) is 1. The highest BCUT2D eigenvalue weighted by Crippen LogP contribution is 2.19. The molecular formula is C19H19F2NO4. The predicted molar refractivity (Wildman–Crippen MR) is 90.7 cm³/mol. The largest absolute Gasteiger partial charge is 0.494 e. The van der Waals surface area contributed by atoms with Gasteiger partial charge in [0.15, 0.2) is 11.6 Å². The molecule has 2 aromatic rings. The van der Waals surface area contributed by atoms with Gasteiger partial charge in [-0.05, 0) is 41.8 Å². The molecule has 2 aromatic carbocycles. The van der Waals surface area contributed by atoms with Crippen molar-refractivity contribution in [3.8, 4) is 5.75 Å². The topological polar surface area (TPSA) is 66.8 Å². The molecule has 26 heavy (non-hydrogen) atoms. The van der Waals surface area contributed by atoms with E-state index in [1.54, 1.807) is 6.07 Å². The molecule has 0 atom stereocenters. The van der Waals surface area contributed by atoms with Crippen LogP contribution in [-0.2, 0) is 22.6 Å². The highest BCUT2D eigenvalue weighted by Gasteiger charge is 2.17. The number of carboxylic acids is 1. The summed E-state index contributed by atoms with van der Waals surface area (Å²) in [6.07, 6.45) is 0.291. The van der Waals surface area contributed by atoms with Crippen molar-refractivity contribution in [2.45, 2.75) is 19.4 Å². The average molecular weight is 363 g/mol. The van der Waals surface area contributed by atoms with Crippen LogP contribution < -0.4 is 4.74 Å². The molecule has 0 heterocycles. The molecule has 0 aliphatic rings. The van der Waals surface area contributed by atoms with Crippen LogP contribution in [0.2, 0.25) is 0 Å². The highest BCUT2D eigenvalue weighted by molar-refractivity contribution is 5.81. The van der Waals surface area contributed by atoms with Gasteiger partial charge in [0, 0.05) is 13.0 Å². The fourth-order valence-electron chi connectivity index (χ4n) is 2.48.